The highest BCUT2D eigenvalue weighted by Crippen LogP contribution is 2.50. The third-order valence-electron chi connectivity index (χ3n) is 10.6. The van der Waals surface area contributed by atoms with Crippen molar-refractivity contribution in [2.75, 3.05) is 7.11 Å². The molecule has 8 rings (SSSR count). The van der Waals surface area contributed by atoms with Crippen molar-refractivity contribution in [3.05, 3.63) is 155 Å². The molecule has 0 atom stereocenters. The number of fused-ring (bicyclic) bond motifs is 8. The number of methoxy groups -OCH3 is 1. The van der Waals surface area contributed by atoms with Gasteiger partial charge in [0.2, 0.25) is 5.60 Å². The smallest absolute Gasteiger partial charge is 0.307 e. The number of aromatic nitrogens is 2. The maximum atomic E-state index is 13.2. The van der Waals surface area contributed by atoms with E-state index in [-0.39, 0.29) is 30.7 Å². The average molecular weight is 677 g/mol. The summed E-state index contributed by atoms with van der Waals surface area (Å²) in [5.41, 5.74) is 7.74. The predicted octanol–water partition coefficient (Wildman–Crippen LogP) is 8.33. The number of carbonyl (C=O) groups excluding carboxylic acids is 2. The van der Waals surface area contributed by atoms with Crippen LogP contribution in [0, 0.1) is 10.8 Å². The van der Waals surface area contributed by atoms with Gasteiger partial charge in [0.05, 0.1) is 42.8 Å². The number of nitrogens with zero attached hydrogens (tertiary/aromatic N) is 2. The minimum atomic E-state index is -1.22. The molecular weight excluding hydrogens is 636 g/mol. The average Bonchev–Trinajstić information content (AvgIpc) is 3.95. The molecule has 0 unspecified atom stereocenters. The minimum Gasteiger partial charge on any atom is -0.469 e. The van der Waals surface area contributed by atoms with E-state index in [1.54, 1.807) is 0 Å². The molecule has 8 nitrogen and oxygen atoms in total. The van der Waals surface area contributed by atoms with E-state index in [2.05, 4.69) is 72.3 Å². The zero-order valence-corrected chi connectivity index (χ0v) is 29.4. The van der Waals surface area contributed by atoms with Gasteiger partial charge in [-0.3, -0.25) is 9.59 Å². The van der Waals surface area contributed by atoms with Gasteiger partial charge < -0.3 is 19.4 Å². The number of carbonyl (C=O) groups is 2. The lowest BCUT2D eigenvalue weighted by Gasteiger charge is -2.37. The number of hydrogen-bond donors (Lipinski definition) is 2. The Morgan fingerprint density at radius 2 is 1.27 bits per heavy atom. The van der Waals surface area contributed by atoms with Crippen LogP contribution in [-0.4, -0.2) is 46.0 Å². The van der Waals surface area contributed by atoms with Crippen LogP contribution in [0.2, 0.25) is 0 Å². The van der Waals surface area contributed by atoms with Crippen LogP contribution < -0.4 is 0 Å². The molecule has 4 aliphatic heterocycles. The van der Waals surface area contributed by atoms with Gasteiger partial charge in [-0.15, -0.1) is 0 Å². The quantitative estimate of drug-likeness (QED) is 0.207. The van der Waals surface area contributed by atoms with Crippen LogP contribution in [0.25, 0.3) is 11.1 Å². The van der Waals surface area contributed by atoms with Gasteiger partial charge >= 0.3 is 11.9 Å². The van der Waals surface area contributed by atoms with E-state index < -0.39 is 16.4 Å². The normalized spacial score (nSPS) is 24.9. The highest BCUT2D eigenvalue weighted by atomic mass is 16.6. The predicted molar refractivity (Wildman–Crippen MR) is 199 cm³/mol. The van der Waals surface area contributed by atoms with Crippen molar-refractivity contribution in [2.24, 2.45) is 20.8 Å². The molecule has 256 valence electrons. The van der Waals surface area contributed by atoms with Crippen molar-refractivity contribution in [3.8, 4) is 0 Å². The summed E-state index contributed by atoms with van der Waals surface area (Å²) >= 11 is 0. The van der Waals surface area contributed by atoms with Crippen LogP contribution in [0.4, 0.5) is 0 Å². The molecule has 1 saturated heterocycles. The Kier molecular flexibility index (Phi) is 7.59. The fourth-order valence-corrected chi connectivity index (χ4v) is 8.25. The second-order valence-electron chi connectivity index (χ2n) is 15.0. The summed E-state index contributed by atoms with van der Waals surface area (Å²) < 4.78 is 11.6. The first-order valence-electron chi connectivity index (χ1n) is 17.3. The number of allylic oxidation sites excluding steroid dienone is 2. The van der Waals surface area contributed by atoms with Crippen LogP contribution >= 0.6 is 0 Å². The molecule has 1 fully saturated rings. The first-order valence-corrected chi connectivity index (χ1v) is 17.3. The highest BCUT2D eigenvalue weighted by molar-refractivity contribution is 6.27. The number of benzene rings is 2. The fraction of sp³-hybridized carbons (Fsp3) is 0.256. The van der Waals surface area contributed by atoms with Gasteiger partial charge in [-0.2, -0.15) is 0 Å². The third-order valence-corrected chi connectivity index (χ3v) is 10.6. The Balaban J connectivity index is 1.45. The summed E-state index contributed by atoms with van der Waals surface area (Å²) in [6, 6.07) is 28.7. The molecule has 4 aromatic rings. The Morgan fingerprint density at radius 1 is 0.784 bits per heavy atom. The van der Waals surface area contributed by atoms with Crippen LogP contribution in [0.3, 0.4) is 0 Å². The van der Waals surface area contributed by atoms with E-state index >= 15 is 0 Å². The molecule has 0 radical (unpaired) electrons. The van der Waals surface area contributed by atoms with Crippen molar-refractivity contribution in [3.63, 3.8) is 0 Å². The van der Waals surface area contributed by atoms with Gasteiger partial charge in [-0.25, -0.2) is 9.98 Å². The SMILES string of the molecule is COC(=O)CC(C)(C)C1c2ccc([nH]2)/C(c2ccccc2)=C2/C=CC(=N2)C2(OC(=O)CC2(C)C)C2=N/C(=C(/c3ccccc3)c3ccc1[nH]3)C=C2. The summed E-state index contributed by atoms with van der Waals surface area (Å²) in [6.45, 7) is 8.29. The van der Waals surface area contributed by atoms with E-state index in [4.69, 9.17) is 19.5 Å². The summed E-state index contributed by atoms with van der Waals surface area (Å²) in [7, 11) is 1.43. The molecular formula is C43H40N4O4. The number of aliphatic imine (C=N–C) groups is 2. The summed E-state index contributed by atoms with van der Waals surface area (Å²) in [5.74, 6) is -0.800. The monoisotopic (exact) mass is 676 g/mol. The maximum absolute atomic E-state index is 13.2. The number of nitrogens with one attached hydrogen (secondary N) is 2. The van der Waals surface area contributed by atoms with Gasteiger partial charge in [0.25, 0.3) is 0 Å². The Bertz CT molecular complexity index is 2130. The molecule has 4 aliphatic rings. The van der Waals surface area contributed by atoms with Crippen LogP contribution in [0.1, 0.15) is 80.4 Å². The lowest BCUT2D eigenvalue weighted by Crippen LogP contribution is -2.54. The van der Waals surface area contributed by atoms with Gasteiger partial charge in [-0.05, 0) is 65.1 Å². The molecule has 0 amide bonds. The minimum absolute atomic E-state index is 0.208. The van der Waals surface area contributed by atoms with E-state index in [1.165, 1.54) is 7.11 Å². The van der Waals surface area contributed by atoms with E-state index in [0.29, 0.717) is 11.4 Å². The second kappa shape index (κ2) is 11.9. The number of ether oxygens (including phenoxy) is 2. The Hall–Kier alpha value is -5.76. The van der Waals surface area contributed by atoms with Crippen LogP contribution in [0.15, 0.2) is 131 Å². The molecule has 2 aromatic heterocycles. The summed E-state index contributed by atoms with van der Waals surface area (Å²) in [4.78, 5) is 44.2. The standard InChI is InChI=1S/C43H40N4O4/c1-41(2,24-36(48)50-5)40-32-18-16-28(44-32)38(26-12-8-6-9-13-26)30-20-22-34(46-30)43(42(3,4)25-37(49)51-43)35-23-21-31(47-35)39(27-14-10-7-11-15-27)29-17-19-33(40)45-29/h6-23,40,44-45H,24-25H2,1-5H3/b38-30-,39-31-. The van der Waals surface area contributed by atoms with Crippen molar-refractivity contribution < 1.29 is 19.1 Å². The van der Waals surface area contributed by atoms with Gasteiger partial charge in [-0.1, -0.05) is 88.4 Å². The van der Waals surface area contributed by atoms with Gasteiger partial charge in [0.1, 0.15) is 0 Å². The van der Waals surface area contributed by atoms with Crippen molar-refractivity contribution >= 4 is 34.5 Å². The molecule has 0 aliphatic carbocycles. The van der Waals surface area contributed by atoms with Crippen LogP contribution in [0.5, 0.6) is 0 Å². The third kappa shape index (κ3) is 5.28. The molecule has 2 aromatic carbocycles. The first kappa shape index (κ1) is 32.4. The molecule has 1 spiro atoms. The van der Waals surface area contributed by atoms with Crippen molar-refractivity contribution in [2.45, 2.75) is 52.1 Å². The zero-order chi connectivity index (χ0) is 35.5. The zero-order valence-electron chi connectivity index (χ0n) is 29.4. The molecule has 8 bridgehead atoms. The van der Waals surface area contributed by atoms with E-state index in [9.17, 15) is 9.59 Å². The van der Waals surface area contributed by atoms with E-state index in [1.807, 2.05) is 74.5 Å². The largest absolute Gasteiger partial charge is 0.469 e. The molecule has 51 heavy (non-hydrogen) atoms. The van der Waals surface area contributed by atoms with Crippen LogP contribution in [-0.2, 0) is 19.1 Å². The number of H-pyrrole nitrogens is 2. The fourth-order valence-electron chi connectivity index (χ4n) is 8.25. The number of rotatable bonds is 5. The van der Waals surface area contributed by atoms with Crippen molar-refractivity contribution in [1.29, 1.82) is 0 Å². The maximum Gasteiger partial charge on any atom is 0.307 e. The van der Waals surface area contributed by atoms with Crippen molar-refractivity contribution in [1.82, 2.24) is 9.97 Å². The second-order valence-corrected chi connectivity index (χ2v) is 15.0. The molecule has 0 saturated carbocycles. The highest BCUT2D eigenvalue weighted by Gasteiger charge is 2.61. The lowest BCUT2D eigenvalue weighted by molar-refractivity contribution is -0.143. The lowest BCUT2D eigenvalue weighted by atomic mass is 9.69. The molecule has 2 N–H and O–H groups in total. The van der Waals surface area contributed by atoms with Gasteiger partial charge in [0, 0.05) is 45.3 Å². The first-order chi connectivity index (χ1) is 24.5. The number of hydrogen-bond acceptors (Lipinski definition) is 6. The van der Waals surface area contributed by atoms with E-state index in [0.717, 1.165) is 56.4 Å². The number of esters is 2. The topological polar surface area (TPSA) is 109 Å². The Labute approximate surface area is 297 Å². The molecule has 6 heterocycles. The Morgan fingerprint density at radius 3 is 1.71 bits per heavy atom. The van der Waals surface area contributed by atoms with Gasteiger partial charge in [0.15, 0.2) is 0 Å². The summed E-state index contributed by atoms with van der Waals surface area (Å²) in [5, 5.41) is 0. The molecule has 8 heteroatoms. The number of aromatic amines is 2. The summed E-state index contributed by atoms with van der Waals surface area (Å²) in [6.07, 6.45) is 8.37.